The molecule has 7 heteroatoms. The van der Waals surface area contributed by atoms with Gasteiger partial charge in [0.15, 0.2) is 5.96 Å². The van der Waals surface area contributed by atoms with Gasteiger partial charge in [-0.15, -0.1) is 24.0 Å². The summed E-state index contributed by atoms with van der Waals surface area (Å²) in [6.07, 6.45) is 6.57. The fraction of sp³-hybridized carbons (Fsp3) is 0.667. The van der Waals surface area contributed by atoms with E-state index in [2.05, 4.69) is 64.5 Å². The van der Waals surface area contributed by atoms with Crippen LogP contribution in [0.5, 0.6) is 0 Å². The molecule has 160 valence electrons. The Kier molecular flexibility index (Phi) is 13.2. The van der Waals surface area contributed by atoms with Crippen molar-refractivity contribution in [3.05, 3.63) is 35.9 Å². The number of hydrogen-bond donors (Lipinski definition) is 3. The van der Waals surface area contributed by atoms with Gasteiger partial charge < -0.3 is 20.7 Å². The minimum Gasteiger partial charge on any atom is -0.381 e. The number of ether oxygens (including phenoxy) is 1. The van der Waals surface area contributed by atoms with E-state index in [9.17, 15) is 0 Å². The van der Waals surface area contributed by atoms with E-state index in [1.165, 1.54) is 24.2 Å². The number of benzene rings is 1. The molecule has 5 nitrogen and oxygen atoms in total. The molecule has 0 bridgehead atoms. The first-order chi connectivity index (χ1) is 13.2. The third kappa shape index (κ3) is 8.88. The molecule has 0 spiro atoms. The molecular formula is C21H37IN4OS. The quantitative estimate of drug-likeness (QED) is 0.190. The topological polar surface area (TPSA) is 57.7 Å². The van der Waals surface area contributed by atoms with Gasteiger partial charge in [-0.25, -0.2) is 0 Å². The van der Waals surface area contributed by atoms with Crippen LogP contribution in [0.25, 0.3) is 0 Å². The molecule has 1 aliphatic rings. The van der Waals surface area contributed by atoms with Crippen LogP contribution in [-0.4, -0.2) is 56.9 Å². The first-order valence-electron chi connectivity index (χ1n) is 10.0. The van der Waals surface area contributed by atoms with Crippen LogP contribution in [0.1, 0.15) is 44.2 Å². The molecule has 1 aromatic carbocycles. The second-order valence-electron chi connectivity index (χ2n) is 7.22. The van der Waals surface area contributed by atoms with E-state index in [1.807, 2.05) is 18.8 Å². The molecule has 0 aliphatic carbocycles. The normalized spacial score (nSPS) is 17.5. The summed E-state index contributed by atoms with van der Waals surface area (Å²) in [5.41, 5.74) is 1.34. The summed E-state index contributed by atoms with van der Waals surface area (Å²) in [6, 6.07) is 10.9. The Morgan fingerprint density at radius 3 is 2.54 bits per heavy atom. The zero-order chi connectivity index (χ0) is 19.4. The molecular weight excluding hydrogens is 483 g/mol. The number of hydrogen-bond acceptors (Lipinski definition) is 4. The molecule has 28 heavy (non-hydrogen) atoms. The first kappa shape index (κ1) is 25.5. The molecule has 0 amide bonds. The van der Waals surface area contributed by atoms with Gasteiger partial charge in [-0.2, -0.15) is 11.8 Å². The van der Waals surface area contributed by atoms with Crippen molar-refractivity contribution in [1.82, 2.24) is 16.0 Å². The summed E-state index contributed by atoms with van der Waals surface area (Å²) in [5.74, 6) is 2.11. The van der Waals surface area contributed by atoms with Crippen LogP contribution in [0.2, 0.25) is 0 Å². The van der Waals surface area contributed by atoms with E-state index in [0.29, 0.717) is 6.04 Å². The maximum atomic E-state index is 5.63. The Hall–Kier alpha value is -0.510. The van der Waals surface area contributed by atoms with E-state index in [1.54, 1.807) is 0 Å². The van der Waals surface area contributed by atoms with Crippen molar-refractivity contribution >= 4 is 41.7 Å². The Morgan fingerprint density at radius 2 is 1.89 bits per heavy atom. The van der Waals surface area contributed by atoms with Gasteiger partial charge >= 0.3 is 0 Å². The molecule has 1 aromatic rings. The van der Waals surface area contributed by atoms with E-state index in [4.69, 9.17) is 4.74 Å². The fourth-order valence-corrected chi connectivity index (χ4v) is 3.96. The summed E-state index contributed by atoms with van der Waals surface area (Å²) in [6.45, 7) is 5.65. The standard InChI is InChI=1S/C21H36N4OS.HI/c1-18(19-9-5-4-6-10-19)25-21(11-14-26-15-12-21)17-24-20(22-2)23-13-7-8-16-27-3;/h4-6,9-10,18,25H,7-8,11-17H2,1-3H3,(H2,22,23,24);1H. The van der Waals surface area contributed by atoms with Gasteiger partial charge in [-0.05, 0) is 50.2 Å². The van der Waals surface area contributed by atoms with Crippen LogP contribution in [0, 0.1) is 0 Å². The summed E-state index contributed by atoms with van der Waals surface area (Å²) >= 11 is 1.90. The minimum absolute atomic E-state index is 0. The summed E-state index contributed by atoms with van der Waals surface area (Å²) < 4.78 is 5.63. The zero-order valence-corrected chi connectivity index (χ0v) is 20.6. The maximum absolute atomic E-state index is 5.63. The van der Waals surface area contributed by atoms with Gasteiger partial charge in [0.2, 0.25) is 0 Å². The van der Waals surface area contributed by atoms with Crippen molar-refractivity contribution in [3.8, 4) is 0 Å². The Bertz CT molecular complexity index is 553. The number of aliphatic imine (C=N–C) groups is 1. The number of rotatable bonds is 10. The number of nitrogens with zero attached hydrogens (tertiary/aromatic N) is 1. The zero-order valence-electron chi connectivity index (χ0n) is 17.5. The van der Waals surface area contributed by atoms with Crippen molar-refractivity contribution in [2.75, 3.05) is 45.4 Å². The van der Waals surface area contributed by atoms with Gasteiger partial charge in [-0.3, -0.25) is 4.99 Å². The molecule has 1 atom stereocenters. The van der Waals surface area contributed by atoms with Crippen LogP contribution in [0.4, 0.5) is 0 Å². The van der Waals surface area contributed by atoms with Crippen molar-refractivity contribution in [2.45, 2.75) is 44.2 Å². The number of guanidine groups is 1. The lowest BCUT2D eigenvalue weighted by molar-refractivity contribution is 0.0355. The predicted molar refractivity (Wildman–Crippen MR) is 133 cm³/mol. The fourth-order valence-electron chi connectivity index (χ4n) is 3.47. The van der Waals surface area contributed by atoms with E-state index >= 15 is 0 Å². The monoisotopic (exact) mass is 520 g/mol. The van der Waals surface area contributed by atoms with Crippen LogP contribution < -0.4 is 16.0 Å². The highest BCUT2D eigenvalue weighted by Gasteiger charge is 2.34. The highest BCUT2D eigenvalue weighted by molar-refractivity contribution is 14.0. The summed E-state index contributed by atoms with van der Waals surface area (Å²) in [4.78, 5) is 4.39. The van der Waals surface area contributed by atoms with E-state index < -0.39 is 0 Å². The molecule has 0 saturated carbocycles. The summed E-state index contributed by atoms with van der Waals surface area (Å²) in [5, 5.41) is 10.9. The smallest absolute Gasteiger partial charge is 0.191 e. The van der Waals surface area contributed by atoms with Crippen LogP contribution in [0.3, 0.4) is 0 Å². The Morgan fingerprint density at radius 1 is 1.18 bits per heavy atom. The molecule has 1 unspecified atom stereocenters. The highest BCUT2D eigenvalue weighted by Crippen LogP contribution is 2.25. The van der Waals surface area contributed by atoms with Gasteiger partial charge in [0.25, 0.3) is 0 Å². The second kappa shape index (κ2) is 14.5. The van der Waals surface area contributed by atoms with E-state index in [0.717, 1.165) is 45.1 Å². The third-order valence-electron chi connectivity index (χ3n) is 5.16. The largest absolute Gasteiger partial charge is 0.381 e. The first-order valence-corrected chi connectivity index (χ1v) is 11.4. The lowest BCUT2D eigenvalue weighted by Gasteiger charge is -2.41. The Balaban J connectivity index is 0.00000392. The van der Waals surface area contributed by atoms with Gasteiger partial charge in [0.1, 0.15) is 0 Å². The van der Waals surface area contributed by atoms with Gasteiger partial charge in [-0.1, -0.05) is 30.3 Å². The molecule has 1 saturated heterocycles. The average Bonchev–Trinajstić information content (AvgIpc) is 2.71. The molecule has 3 N–H and O–H groups in total. The maximum Gasteiger partial charge on any atom is 0.191 e. The lowest BCUT2D eigenvalue weighted by atomic mass is 9.88. The van der Waals surface area contributed by atoms with Gasteiger partial charge in [0, 0.05) is 44.9 Å². The van der Waals surface area contributed by atoms with Gasteiger partial charge in [0.05, 0.1) is 0 Å². The Labute approximate surface area is 192 Å². The molecule has 2 rings (SSSR count). The van der Waals surface area contributed by atoms with Crippen molar-refractivity contribution in [1.29, 1.82) is 0 Å². The van der Waals surface area contributed by atoms with E-state index in [-0.39, 0.29) is 29.5 Å². The van der Waals surface area contributed by atoms with Crippen LogP contribution in [-0.2, 0) is 4.74 Å². The second-order valence-corrected chi connectivity index (χ2v) is 8.21. The molecule has 0 radical (unpaired) electrons. The number of thioether (sulfide) groups is 1. The van der Waals surface area contributed by atoms with Crippen molar-refractivity contribution in [3.63, 3.8) is 0 Å². The van der Waals surface area contributed by atoms with Crippen molar-refractivity contribution < 1.29 is 4.74 Å². The molecule has 1 aliphatic heterocycles. The van der Waals surface area contributed by atoms with Crippen LogP contribution in [0.15, 0.2) is 35.3 Å². The minimum atomic E-state index is 0. The number of unbranched alkanes of at least 4 members (excludes halogenated alkanes) is 1. The van der Waals surface area contributed by atoms with Crippen LogP contribution >= 0.6 is 35.7 Å². The third-order valence-corrected chi connectivity index (χ3v) is 5.85. The van der Waals surface area contributed by atoms with Crippen molar-refractivity contribution in [2.24, 2.45) is 4.99 Å². The lowest BCUT2D eigenvalue weighted by Crippen LogP contribution is -2.58. The SMILES string of the molecule is CN=C(NCCCCSC)NCC1(NC(C)c2ccccc2)CCOCC1.I. The number of nitrogens with one attached hydrogen (secondary N) is 3. The number of halogens is 1. The highest BCUT2D eigenvalue weighted by atomic mass is 127. The molecule has 1 heterocycles. The molecule has 0 aromatic heterocycles. The molecule has 1 fully saturated rings. The predicted octanol–water partition coefficient (Wildman–Crippen LogP) is 3.81. The summed E-state index contributed by atoms with van der Waals surface area (Å²) in [7, 11) is 1.84. The average molecular weight is 521 g/mol.